The molecular weight excluding hydrogens is 320 g/mol. The second-order valence-electron chi connectivity index (χ2n) is 6.72. The number of nitrogens with one attached hydrogen (secondary N) is 2. The minimum Gasteiger partial charge on any atom is -0.361 e. The van der Waals surface area contributed by atoms with E-state index < -0.39 is 0 Å². The van der Waals surface area contributed by atoms with Gasteiger partial charge in [0.1, 0.15) is 0 Å². The molecule has 3 aromatic rings. The normalized spacial score (nSPS) is 15.4. The van der Waals surface area contributed by atoms with Gasteiger partial charge in [-0.05, 0) is 55.7 Å². The summed E-state index contributed by atoms with van der Waals surface area (Å²) in [5.74, 6) is -0.0113. The maximum absolute atomic E-state index is 12.4. The number of aromatic amines is 1. The van der Waals surface area contributed by atoms with Gasteiger partial charge in [0.15, 0.2) is 0 Å². The quantitative estimate of drug-likeness (QED) is 0.718. The van der Waals surface area contributed by atoms with Crippen molar-refractivity contribution in [2.75, 3.05) is 6.54 Å². The number of aromatic nitrogens is 1. The van der Waals surface area contributed by atoms with Crippen LogP contribution in [0.25, 0.3) is 10.9 Å². The van der Waals surface area contributed by atoms with E-state index in [1.54, 1.807) is 0 Å². The average molecular weight is 339 g/mol. The molecule has 1 aliphatic carbocycles. The highest BCUT2D eigenvalue weighted by Crippen LogP contribution is 2.50. The highest BCUT2D eigenvalue weighted by Gasteiger charge is 2.45. The van der Waals surface area contributed by atoms with E-state index in [0.717, 1.165) is 34.3 Å². The van der Waals surface area contributed by atoms with E-state index in [4.69, 9.17) is 11.6 Å². The molecule has 1 aliphatic rings. The monoisotopic (exact) mass is 338 g/mol. The molecule has 2 aromatic carbocycles. The Kier molecular flexibility index (Phi) is 3.61. The minimum absolute atomic E-state index is 0.0113. The first-order chi connectivity index (χ1) is 11.6. The zero-order valence-electron chi connectivity index (χ0n) is 13.5. The van der Waals surface area contributed by atoms with Gasteiger partial charge in [-0.25, -0.2) is 0 Å². The van der Waals surface area contributed by atoms with Crippen molar-refractivity contribution in [1.29, 1.82) is 0 Å². The molecule has 2 N–H and O–H groups in total. The summed E-state index contributed by atoms with van der Waals surface area (Å²) in [7, 11) is 0. The first-order valence-electron chi connectivity index (χ1n) is 8.19. The highest BCUT2D eigenvalue weighted by molar-refractivity contribution is 6.31. The first-order valence-corrected chi connectivity index (χ1v) is 8.57. The first kappa shape index (κ1) is 15.3. The predicted octanol–water partition coefficient (Wildman–Crippen LogP) is 4.59. The second kappa shape index (κ2) is 5.67. The third kappa shape index (κ3) is 2.69. The lowest BCUT2D eigenvalue weighted by Crippen LogP contribution is -2.32. The van der Waals surface area contributed by atoms with Crippen LogP contribution in [-0.4, -0.2) is 17.4 Å². The second-order valence-corrected chi connectivity index (χ2v) is 7.16. The number of H-pyrrole nitrogens is 1. The van der Waals surface area contributed by atoms with Gasteiger partial charge in [-0.1, -0.05) is 29.3 Å². The number of rotatable bonds is 4. The molecule has 0 aliphatic heterocycles. The van der Waals surface area contributed by atoms with E-state index in [1.165, 1.54) is 5.56 Å². The molecule has 1 saturated carbocycles. The zero-order valence-corrected chi connectivity index (χ0v) is 14.3. The van der Waals surface area contributed by atoms with Crippen LogP contribution in [0.4, 0.5) is 0 Å². The van der Waals surface area contributed by atoms with Crippen molar-refractivity contribution in [2.45, 2.75) is 25.2 Å². The fraction of sp³-hybridized carbons (Fsp3) is 0.250. The highest BCUT2D eigenvalue weighted by atomic mass is 35.5. The average Bonchev–Trinajstić information content (AvgIpc) is 3.24. The number of carbonyl (C=O) groups excluding carboxylic acids is 1. The van der Waals surface area contributed by atoms with Crippen molar-refractivity contribution in [3.05, 3.63) is 70.4 Å². The van der Waals surface area contributed by atoms with E-state index >= 15 is 0 Å². The molecule has 0 unspecified atom stereocenters. The Balaban J connectivity index is 1.55. The lowest BCUT2D eigenvalue weighted by atomic mass is 9.95. The van der Waals surface area contributed by atoms with Gasteiger partial charge in [0.2, 0.25) is 0 Å². The molecule has 3 nitrogen and oxygen atoms in total. The largest absolute Gasteiger partial charge is 0.361 e. The summed E-state index contributed by atoms with van der Waals surface area (Å²) in [5.41, 5.74) is 4.18. The van der Waals surface area contributed by atoms with Crippen molar-refractivity contribution in [3.8, 4) is 0 Å². The van der Waals surface area contributed by atoms with Gasteiger partial charge in [-0.15, -0.1) is 0 Å². The molecule has 122 valence electrons. The topological polar surface area (TPSA) is 44.9 Å². The molecule has 0 spiro atoms. The molecule has 0 atom stereocenters. The number of carbonyl (C=O) groups is 1. The number of hydrogen-bond donors (Lipinski definition) is 2. The summed E-state index contributed by atoms with van der Waals surface area (Å²) >= 11 is 6.16. The Hall–Kier alpha value is -2.26. The molecule has 1 amide bonds. The Labute approximate surface area is 146 Å². The molecule has 0 saturated heterocycles. The number of benzene rings is 2. The SMILES string of the molecule is Cc1cccc(C(=O)NCC2(c3c[nH]c4ccc(Cl)cc34)CC2)c1. The van der Waals surface area contributed by atoms with E-state index in [1.807, 2.05) is 49.4 Å². The van der Waals surface area contributed by atoms with Gasteiger partial charge in [-0.2, -0.15) is 0 Å². The Morgan fingerprint density at radius 3 is 2.83 bits per heavy atom. The third-order valence-corrected chi connectivity index (χ3v) is 5.17. The summed E-state index contributed by atoms with van der Waals surface area (Å²) in [6.07, 6.45) is 4.23. The predicted molar refractivity (Wildman–Crippen MR) is 97.7 cm³/mol. The summed E-state index contributed by atoms with van der Waals surface area (Å²) in [6.45, 7) is 2.65. The van der Waals surface area contributed by atoms with E-state index in [2.05, 4.69) is 16.5 Å². The standard InChI is InChI=1S/C20H19ClN2O/c1-13-3-2-4-14(9-13)19(24)23-12-20(7-8-20)17-11-22-18-6-5-15(21)10-16(17)18/h2-6,9-11,22H,7-8,12H2,1H3,(H,23,24). The molecule has 0 bridgehead atoms. The molecule has 4 rings (SSSR count). The molecule has 1 fully saturated rings. The van der Waals surface area contributed by atoms with Crippen LogP contribution in [0.5, 0.6) is 0 Å². The summed E-state index contributed by atoms with van der Waals surface area (Å²) in [4.78, 5) is 15.7. The molecule has 1 aromatic heterocycles. The third-order valence-electron chi connectivity index (χ3n) is 4.94. The molecule has 4 heteroatoms. The van der Waals surface area contributed by atoms with Crippen molar-refractivity contribution < 1.29 is 4.79 Å². The molecule has 1 heterocycles. The lowest BCUT2D eigenvalue weighted by molar-refractivity contribution is 0.0949. The number of fused-ring (bicyclic) bond motifs is 1. The molecule has 24 heavy (non-hydrogen) atoms. The Bertz CT molecular complexity index is 924. The van der Waals surface area contributed by atoms with Crippen molar-refractivity contribution in [1.82, 2.24) is 10.3 Å². The maximum atomic E-state index is 12.4. The zero-order chi connectivity index (χ0) is 16.7. The van der Waals surface area contributed by atoms with E-state index in [9.17, 15) is 4.79 Å². The van der Waals surface area contributed by atoms with E-state index in [0.29, 0.717) is 12.1 Å². The van der Waals surface area contributed by atoms with Crippen LogP contribution in [0.2, 0.25) is 5.02 Å². The number of aryl methyl sites for hydroxylation is 1. The number of amides is 1. The van der Waals surface area contributed by atoms with Gasteiger partial charge >= 0.3 is 0 Å². The van der Waals surface area contributed by atoms with Crippen molar-refractivity contribution in [3.63, 3.8) is 0 Å². The van der Waals surface area contributed by atoms with Crippen LogP contribution in [0.15, 0.2) is 48.7 Å². The van der Waals surface area contributed by atoms with Crippen LogP contribution in [-0.2, 0) is 5.41 Å². The van der Waals surface area contributed by atoms with Crippen molar-refractivity contribution >= 4 is 28.4 Å². The van der Waals surface area contributed by atoms with Crippen LogP contribution in [0, 0.1) is 6.92 Å². The van der Waals surface area contributed by atoms with Crippen molar-refractivity contribution in [2.24, 2.45) is 0 Å². The fourth-order valence-electron chi connectivity index (χ4n) is 3.36. The van der Waals surface area contributed by atoms with Gasteiger partial charge in [0.25, 0.3) is 5.91 Å². The fourth-order valence-corrected chi connectivity index (χ4v) is 3.53. The Morgan fingerprint density at radius 2 is 2.08 bits per heavy atom. The van der Waals surface area contributed by atoms with Crippen LogP contribution in [0.3, 0.4) is 0 Å². The van der Waals surface area contributed by atoms with Gasteiger partial charge in [0.05, 0.1) is 0 Å². The van der Waals surface area contributed by atoms with E-state index in [-0.39, 0.29) is 11.3 Å². The maximum Gasteiger partial charge on any atom is 0.251 e. The van der Waals surface area contributed by atoms with Gasteiger partial charge in [0, 0.05) is 39.6 Å². The van der Waals surface area contributed by atoms with Crippen LogP contribution < -0.4 is 5.32 Å². The minimum atomic E-state index is -0.0113. The molecular formula is C20H19ClN2O. The van der Waals surface area contributed by atoms with Crippen LogP contribution >= 0.6 is 11.6 Å². The van der Waals surface area contributed by atoms with Gasteiger partial charge in [-0.3, -0.25) is 4.79 Å². The number of halogens is 1. The summed E-state index contributed by atoms with van der Waals surface area (Å²) in [5, 5.41) is 5.01. The Morgan fingerprint density at radius 1 is 1.25 bits per heavy atom. The summed E-state index contributed by atoms with van der Waals surface area (Å²) in [6, 6.07) is 13.6. The van der Waals surface area contributed by atoms with Gasteiger partial charge < -0.3 is 10.3 Å². The lowest BCUT2D eigenvalue weighted by Gasteiger charge is -2.16. The number of hydrogen-bond acceptors (Lipinski definition) is 1. The van der Waals surface area contributed by atoms with Crippen LogP contribution in [0.1, 0.15) is 34.3 Å². The molecule has 0 radical (unpaired) electrons. The smallest absolute Gasteiger partial charge is 0.251 e. The summed E-state index contributed by atoms with van der Waals surface area (Å²) < 4.78 is 0.